The van der Waals surface area contributed by atoms with Crippen molar-refractivity contribution in [3.05, 3.63) is 33.6 Å². The number of rotatable bonds is 4. The lowest BCUT2D eigenvalue weighted by atomic mass is 9.88. The van der Waals surface area contributed by atoms with Gasteiger partial charge in [-0.15, -0.1) is 0 Å². The molecule has 1 atom stereocenters. The van der Waals surface area contributed by atoms with Gasteiger partial charge in [0.2, 0.25) is 11.2 Å². The Bertz CT molecular complexity index is 954. The van der Waals surface area contributed by atoms with Crippen LogP contribution in [0.15, 0.2) is 11.0 Å². The zero-order valence-corrected chi connectivity index (χ0v) is 13.9. The van der Waals surface area contributed by atoms with Gasteiger partial charge in [0.05, 0.1) is 16.6 Å². The third kappa shape index (κ3) is 2.20. The summed E-state index contributed by atoms with van der Waals surface area (Å²) >= 11 is 0. The fourth-order valence-electron chi connectivity index (χ4n) is 3.56. The first-order chi connectivity index (χ1) is 11.8. The standard InChI is InChI=1S/C17H18F2N2O4/c1-3-5-17(4-2)7-25-15-11(19)10(18)12(20)9-13(15)21(17)6-8(14(9)22)16(23)24/h6H,3-5,7,20H2,1-2H3,(H,23,24). The first-order valence-electron chi connectivity index (χ1n) is 8.01. The van der Waals surface area contributed by atoms with Gasteiger partial charge in [-0.1, -0.05) is 20.3 Å². The molecule has 0 spiro atoms. The molecule has 0 bridgehead atoms. The quantitative estimate of drug-likeness (QED) is 0.825. The molecule has 0 aliphatic carbocycles. The van der Waals surface area contributed by atoms with E-state index in [1.54, 1.807) is 0 Å². The molecule has 134 valence electrons. The number of carboxylic acids is 1. The average molecular weight is 352 g/mol. The molecule has 8 heteroatoms. The Kier molecular flexibility index (Phi) is 3.93. The molecule has 1 aliphatic heterocycles. The van der Waals surface area contributed by atoms with Crippen LogP contribution in [-0.4, -0.2) is 22.2 Å². The van der Waals surface area contributed by atoms with Gasteiger partial charge < -0.3 is 20.1 Å². The van der Waals surface area contributed by atoms with E-state index in [4.69, 9.17) is 10.5 Å². The largest absolute Gasteiger partial charge is 0.486 e. The fraction of sp³-hybridized carbons (Fsp3) is 0.412. The van der Waals surface area contributed by atoms with Crippen LogP contribution in [0.1, 0.15) is 43.5 Å². The lowest BCUT2D eigenvalue weighted by Crippen LogP contribution is -2.43. The Morgan fingerprint density at radius 3 is 2.64 bits per heavy atom. The van der Waals surface area contributed by atoms with Crippen LogP contribution in [0.2, 0.25) is 0 Å². The summed E-state index contributed by atoms with van der Waals surface area (Å²) < 4.78 is 35.5. The molecule has 0 saturated heterocycles. The van der Waals surface area contributed by atoms with Gasteiger partial charge >= 0.3 is 5.97 Å². The van der Waals surface area contributed by atoms with Crippen LogP contribution in [0.3, 0.4) is 0 Å². The van der Waals surface area contributed by atoms with Crippen LogP contribution in [0, 0.1) is 11.6 Å². The first kappa shape index (κ1) is 17.2. The fourth-order valence-corrected chi connectivity index (χ4v) is 3.56. The van der Waals surface area contributed by atoms with E-state index >= 15 is 0 Å². The van der Waals surface area contributed by atoms with E-state index in [1.807, 2.05) is 13.8 Å². The molecule has 3 N–H and O–H groups in total. The minimum absolute atomic E-state index is 0.00736. The number of aromatic nitrogens is 1. The number of hydrogen-bond donors (Lipinski definition) is 2. The number of carboxylic acid groups (broad SMARTS) is 1. The minimum Gasteiger partial charge on any atom is -0.486 e. The summed E-state index contributed by atoms with van der Waals surface area (Å²) in [4.78, 5) is 24.0. The van der Waals surface area contributed by atoms with Gasteiger partial charge in [0.1, 0.15) is 17.7 Å². The van der Waals surface area contributed by atoms with E-state index < -0.39 is 45.6 Å². The number of nitrogen functional groups attached to an aromatic ring is 1. The number of ether oxygens (including phenoxy) is 1. The third-order valence-electron chi connectivity index (χ3n) is 4.92. The lowest BCUT2D eigenvalue weighted by molar-refractivity contribution is 0.0691. The van der Waals surface area contributed by atoms with Crippen LogP contribution in [-0.2, 0) is 5.54 Å². The summed E-state index contributed by atoms with van der Waals surface area (Å²) in [6, 6.07) is 0. The predicted octanol–water partition coefficient (Wildman–Crippen LogP) is 2.86. The van der Waals surface area contributed by atoms with Crippen molar-refractivity contribution in [1.29, 1.82) is 0 Å². The van der Waals surface area contributed by atoms with E-state index in [9.17, 15) is 23.5 Å². The van der Waals surface area contributed by atoms with E-state index in [2.05, 4.69) is 0 Å². The predicted molar refractivity (Wildman–Crippen MR) is 88.2 cm³/mol. The monoisotopic (exact) mass is 352 g/mol. The Hall–Kier alpha value is -2.64. The molecule has 1 aromatic carbocycles. The van der Waals surface area contributed by atoms with Crippen molar-refractivity contribution in [2.75, 3.05) is 12.3 Å². The normalized spacial score (nSPS) is 19.0. The second kappa shape index (κ2) is 5.72. The summed E-state index contributed by atoms with van der Waals surface area (Å²) in [5.41, 5.74) is 2.77. The Balaban J connectivity index is 2.59. The summed E-state index contributed by atoms with van der Waals surface area (Å²) in [5, 5.41) is 9.01. The summed E-state index contributed by atoms with van der Waals surface area (Å²) in [6.45, 7) is 3.88. The Morgan fingerprint density at radius 1 is 1.40 bits per heavy atom. The Labute approximate surface area is 141 Å². The minimum atomic E-state index is -1.45. The Morgan fingerprint density at radius 2 is 2.08 bits per heavy atom. The zero-order chi connectivity index (χ0) is 18.5. The van der Waals surface area contributed by atoms with Gasteiger partial charge in [-0.25, -0.2) is 9.18 Å². The van der Waals surface area contributed by atoms with Crippen molar-refractivity contribution < 1.29 is 23.4 Å². The molecule has 0 fully saturated rings. The van der Waals surface area contributed by atoms with Crippen LogP contribution in [0.25, 0.3) is 10.9 Å². The molecule has 25 heavy (non-hydrogen) atoms. The lowest BCUT2D eigenvalue weighted by Gasteiger charge is -2.40. The number of pyridine rings is 1. The summed E-state index contributed by atoms with van der Waals surface area (Å²) in [7, 11) is 0. The van der Waals surface area contributed by atoms with Gasteiger partial charge in [0.15, 0.2) is 11.6 Å². The second-order valence-corrected chi connectivity index (χ2v) is 6.26. The molecular formula is C17H18F2N2O4. The van der Waals surface area contributed by atoms with E-state index in [0.717, 1.165) is 6.42 Å². The number of carbonyl (C=O) groups is 1. The molecule has 2 heterocycles. The van der Waals surface area contributed by atoms with E-state index in [0.29, 0.717) is 12.8 Å². The molecule has 0 saturated carbocycles. The number of hydrogen-bond acceptors (Lipinski definition) is 4. The maximum Gasteiger partial charge on any atom is 0.341 e. The smallest absolute Gasteiger partial charge is 0.341 e. The van der Waals surface area contributed by atoms with Crippen LogP contribution < -0.4 is 15.9 Å². The van der Waals surface area contributed by atoms with Gasteiger partial charge in [0, 0.05) is 6.20 Å². The summed E-state index contributed by atoms with van der Waals surface area (Å²) in [6.07, 6.45) is 3.10. The highest BCUT2D eigenvalue weighted by atomic mass is 19.2. The zero-order valence-electron chi connectivity index (χ0n) is 13.9. The highest BCUT2D eigenvalue weighted by Gasteiger charge is 2.39. The van der Waals surface area contributed by atoms with E-state index in [-0.39, 0.29) is 17.5 Å². The number of aromatic carboxylic acids is 1. The van der Waals surface area contributed by atoms with Gasteiger partial charge in [0.25, 0.3) is 0 Å². The SMILES string of the molecule is CCCC1(CC)COc2c(F)c(F)c(N)c3c(=O)c(C(=O)O)cn1c23. The number of anilines is 1. The van der Waals surface area contributed by atoms with Crippen molar-refractivity contribution in [2.45, 2.75) is 38.6 Å². The number of halogens is 2. The molecule has 6 nitrogen and oxygen atoms in total. The number of benzene rings is 1. The summed E-state index contributed by atoms with van der Waals surface area (Å²) in [5.74, 6) is -4.54. The average Bonchev–Trinajstić information content (AvgIpc) is 2.58. The van der Waals surface area contributed by atoms with Gasteiger partial charge in [-0.3, -0.25) is 4.79 Å². The molecule has 0 amide bonds. The maximum absolute atomic E-state index is 14.3. The molecular weight excluding hydrogens is 334 g/mol. The van der Waals surface area contributed by atoms with Crippen molar-refractivity contribution in [3.63, 3.8) is 0 Å². The van der Waals surface area contributed by atoms with Crippen LogP contribution in [0.5, 0.6) is 5.75 Å². The maximum atomic E-state index is 14.3. The molecule has 3 rings (SSSR count). The van der Waals surface area contributed by atoms with E-state index in [1.165, 1.54) is 10.8 Å². The second-order valence-electron chi connectivity index (χ2n) is 6.26. The van der Waals surface area contributed by atoms with Gasteiger partial charge in [-0.2, -0.15) is 4.39 Å². The third-order valence-corrected chi connectivity index (χ3v) is 4.92. The van der Waals surface area contributed by atoms with Crippen LogP contribution in [0.4, 0.5) is 14.5 Å². The molecule has 2 aromatic rings. The molecule has 0 radical (unpaired) electrons. The van der Waals surface area contributed by atoms with Crippen LogP contribution >= 0.6 is 0 Å². The topological polar surface area (TPSA) is 94.6 Å². The number of nitrogens with zero attached hydrogens (tertiary/aromatic N) is 1. The van der Waals surface area contributed by atoms with Gasteiger partial charge in [-0.05, 0) is 12.8 Å². The first-order valence-corrected chi connectivity index (χ1v) is 8.01. The number of nitrogens with two attached hydrogens (primary N) is 1. The molecule has 1 aliphatic rings. The molecule has 1 aromatic heterocycles. The molecule has 1 unspecified atom stereocenters. The van der Waals surface area contributed by atoms with Crippen molar-refractivity contribution >= 4 is 22.6 Å². The highest BCUT2D eigenvalue weighted by Crippen LogP contribution is 2.43. The highest BCUT2D eigenvalue weighted by molar-refractivity contribution is 6.00. The van der Waals surface area contributed by atoms with Crippen molar-refractivity contribution in [1.82, 2.24) is 4.57 Å². The van der Waals surface area contributed by atoms with Crippen molar-refractivity contribution in [2.24, 2.45) is 0 Å². The van der Waals surface area contributed by atoms with Crippen molar-refractivity contribution in [3.8, 4) is 5.75 Å².